The molecule has 1 spiro atoms. The van der Waals surface area contributed by atoms with Crippen LogP contribution in [-0.2, 0) is 9.47 Å². The van der Waals surface area contributed by atoms with Gasteiger partial charge in [0, 0.05) is 19.8 Å². The first-order valence-electron chi connectivity index (χ1n) is 7.40. The van der Waals surface area contributed by atoms with Crippen LogP contribution in [0.15, 0.2) is 0 Å². The normalized spacial score (nSPS) is 30.2. The molecule has 3 unspecified atom stereocenters. The molecule has 3 atom stereocenters. The summed E-state index contributed by atoms with van der Waals surface area (Å²) in [4.78, 5) is 0. The summed E-state index contributed by atoms with van der Waals surface area (Å²) in [6.07, 6.45) is 5.89. The van der Waals surface area contributed by atoms with Gasteiger partial charge in [-0.2, -0.15) is 11.8 Å². The largest absolute Gasteiger partial charge is 0.382 e. The molecular formula is C14H28N2O2S. The molecule has 2 saturated heterocycles. The van der Waals surface area contributed by atoms with Crippen molar-refractivity contribution in [3.05, 3.63) is 0 Å². The molecule has 112 valence electrons. The lowest BCUT2D eigenvalue weighted by atomic mass is 9.77. The van der Waals surface area contributed by atoms with Crippen LogP contribution in [0, 0.1) is 5.92 Å². The summed E-state index contributed by atoms with van der Waals surface area (Å²) in [5, 5.41) is 0. The summed E-state index contributed by atoms with van der Waals surface area (Å²) >= 11 is 2.05. The Morgan fingerprint density at radius 2 is 2.21 bits per heavy atom. The molecule has 2 fully saturated rings. The van der Waals surface area contributed by atoms with Crippen molar-refractivity contribution in [2.75, 3.05) is 25.2 Å². The monoisotopic (exact) mass is 288 g/mol. The predicted molar refractivity (Wildman–Crippen MR) is 80.2 cm³/mol. The van der Waals surface area contributed by atoms with Crippen molar-refractivity contribution in [1.29, 1.82) is 0 Å². The molecule has 0 bridgehead atoms. The van der Waals surface area contributed by atoms with Crippen molar-refractivity contribution >= 4 is 11.8 Å². The third-order valence-corrected chi connectivity index (χ3v) is 5.69. The standard InChI is InChI=1S/C14H28N2O2S/c1-11(17-2)9-13(16-15)12-3-6-18-14(10-12)4-7-19-8-5-14/h11-13,16H,3-10,15H2,1-2H3. The maximum Gasteiger partial charge on any atom is 0.0701 e. The minimum absolute atomic E-state index is 0.138. The number of hydrogen-bond acceptors (Lipinski definition) is 5. The number of hydrazine groups is 1. The van der Waals surface area contributed by atoms with Crippen LogP contribution in [0.25, 0.3) is 0 Å². The van der Waals surface area contributed by atoms with E-state index in [4.69, 9.17) is 15.3 Å². The molecule has 5 heteroatoms. The van der Waals surface area contributed by atoms with E-state index in [2.05, 4.69) is 24.1 Å². The fourth-order valence-corrected chi connectivity index (χ4v) is 4.59. The van der Waals surface area contributed by atoms with Gasteiger partial charge < -0.3 is 9.47 Å². The molecule has 0 aromatic carbocycles. The molecular weight excluding hydrogens is 260 g/mol. The zero-order valence-electron chi connectivity index (χ0n) is 12.2. The van der Waals surface area contributed by atoms with Crippen molar-refractivity contribution < 1.29 is 9.47 Å². The lowest BCUT2D eigenvalue weighted by Crippen LogP contribution is -2.50. The third kappa shape index (κ3) is 4.08. The van der Waals surface area contributed by atoms with E-state index in [1.54, 1.807) is 7.11 Å². The maximum absolute atomic E-state index is 6.15. The molecule has 2 rings (SSSR count). The van der Waals surface area contributed by atoms with Crippen LogP contribution in [0.4, 0.5) is 0 Å². The van der Waals surface area contributed by atoms with Crippen molar-refractivity contribution in [2.24, 2.45) is 11.8 Å². The van der Waals surface area contributed by atoms with Gasteiger partial charge in [0.1, 0.15) is 0 Å². The van der Waals surface area contributed by atoms with Gasteiger partial charge in [0.2, 0.25) is 0 Å². The van der Waals surface area contributed by atoms with Crippen LogP contribution in [0.5, 0.6) is 0 Å². The Morgan fingerprint density at radius 3 is 2.84 bits per heavy atom. The second kappa shape index (κ2) is 7.27. The van der Waals surface area contributed by atoms with Gasteiger partial charge in [0.05, 0.1) is 11.7 Å². The lowest BCUT2D eigenvalue weighted by Gasteiger charge is -2.45. The van der Waals surface area contributed by atoms with Crippen LogP contribution in [-0.4, -0.2) is 43.0 Å². The maximum atomic E-state index is 6.15. The van der Waals surface area contributed by atoms with Crippen LogP contribution in [0.2, 0.25) is 0 Å². The summed E-state index contributed by atoms with van der Waals surface area (Å²) in [7, 11) is 1.77. The summed E-state index contributed by atoms with van der Waals surface area (Å²) in [6, 6.07) is 0.338. The molecule has 2 aliphatic rings. The smallest absolute Gasteiger partial charge is 0.0701 e. The van der Waals surface area contributed by atoms with Crippen molar-refractivity contribution in [2.45, 2.75) is 56.8 Å². The Kier molecular flexibility index (Phi) is 5.96. The summed E-state index contributed by atoms with van der Waals surface area (Å²) < 4.78 is 11.5. The lowest BCUT2D eigenvalue weighted by molar-refractivity contribution is -0.109. The first-order chi connectivity index (χ1) is 9.19. The highest BCUT2D eigenvalue weighted by molar-refractivity contribution is 7.99. The molecule has 0 aliphatic carbocycles. The van der Waals surface area contributed by atoms with Crippen LogP contribution >= 0.6 is 11.8 Å². The van der Waals surface area contributed by atoms with E-state index in [1.807, 2.05) is 0 Å². The Morgan fingerprint density at radius 1 is 1.47 bits per heavy atom. The zero-order chi connectivity index (χ0) is 13.7. The minimum atomic E-state index is 0.138. The van der Waals surface area contributed by atoms with E-state index >= 15 is 0 Å². The van der Waals surface area contributed by atoms with Crippen LogP contribution < -0.4 is 11.3 Å². The van der Waals surface area contributed by atoms with Gasteiger partial charge in [-0.25, -0.2) is 0 Å². The summed E-state index contributed by atoms with van der Waals surface area (Å²) in [5.74, 6) is 8.86. The summed E-state index contributed by atoms with van der Waals surface area (Å²) in [6.45, 7) is 2.99. The van der Waals surface area contributed by atoms with Gasteiger partial charge in [-0.1, -0.05) is 0 Å². The van der Waals surface area contributed by atoms with Gasteiger partial charge in [-0.15, -0.1) is 0 Å². The van der Waals surface area contributed by atoms with Crippen molar-refractivity contribution in [3.63, 3.8) is 0 Å². The number of nitrogens with two attached hydrogens (primary N) is 1. The molecule has 2 heterocycles. The van der Waals surface area contributed by atoms with Gasteiger partial charge in [-0.05, 0) is 56.5 Å². The third-order valence-electron chi connectivity index (χ3n) is 4.71. The number of methoxy groups -OCH3 is 1. The number of rotatable bonds is 5. The van der Waals surface area contributed by atoms with E-state index in [0.29, 0.717) is 12.0 Å². The second-order valence-electron chi connectivity index (χ2n) is 5.95. The Balaban J connectivity index is 1.94. The van der Waals surface area contributed by atoms with Crippen molar-refractivity contribution in [1.82, 2.24) is 5.43 Å². The fourth-order valence-electron chi connectivity index (χ4n) is 3.35. The van der Waals surface area contributed by atoms with E-state index in [-0.39, 0.29) is 11.7 Å². The SMILES string of the molecule is COC(C)CC(NN)C1CCOC2(CCSCC2)C1. The minimum Gasteiger partial charge on any atom is -0.382 e. The van der Waals surface area contributed by atoms with E-state index in [9.17, 15) is 0 Å². The first kappa shape index (κ1) is 15.6. The highest BCUT2D eigenvalue weighted by Crippen LogP contribution is 2.41. The van der Waals surface area contributed by atoms with Crippen LogP contribution in [0.1, 0.15) is 39.0 Å². The highest BCUT2D eigenvalue weighted by Gasteiger charge is 2.41. The molecule has 19 heavy (non-hydrogen) atoms. The molecule has 0 aromatic rings. The highest BCUT2D eigenvalue weighted by atomic mass is 32.2. The Hall–Kier alpha value is 0.190. The fraction of sp³-hybridized carbons (Fsp3) is 1.00. The molecule has 4 nitrogen and oxygen atoms in total. The Bertz CT molecular complexity index is 267. The van der Waals surface area contributed by atoms with Gasteiger partial charge in [0.25, 0.3) is 0 Å². The predicted octanol–water partition coefficient (Wildman–Crippen LogP) is 1.94. The van der Waals surface area contributed by atoms with Crippen LogP contribution in [0.3, 0.4) is 0 Å². The molecule has 0 radical (unpaired) electrons. The summed E-state index contributed by atoms with van der Waals surface area (Å²) in [5.41, 5.74) is 3.16. The van der Waals surface area contributed by atoms with E-state index in [1.165, 1.54) is 24.3 Å². The Labute approximate surface area is 121 Å². The first-order valence-corrected chi connectivity index (χ1v) is 8.55. The molecule has 2 aliphatic heterocycles. The number of nitrogens with one attached hydrogen (secondary N) is 1. The molecule has 0 aromatic heterocycles. The average Bonchev–Trinajstić information content (AvgIpc) is 2.45. The van der Waals surface area contributed by atoms with Gasteiger partial charge >= 0.3 is 0 Å². The van der Waals surface area contributed by atoms with E-state index in [0.717, 1.165) is 25.9 Å². The number of thioether (sulfide) groups is 1. The molecule has 3 N–H and O–H groups in total. The molecule has 0 amide bonds. The average molecular weight is 288 g/mol. The zero-order valence-corrected chi connectivity index (χ0v) is 13.0. The number of ether oxygens (including phenoxy) is 2. The van der Waals surface area contributed by atoms with Gasteiger partial charge in [-0.3, -0.25) is 11.3 Å². The van der Waals surface area contributed by atoms with Crippen molar-refractivity contribution in [3.8, 4) is 0 Å². The number of hydrogen-bond donors (Lipinski definition) is 2. The second-order valence-corrected chi connectivity index (χ2v) is 7.18. The quantitative estimate of drug-likeness (QED) is 0.598. The van der Waals surface area contributed by atoms with Gasteiger partial charge in [0.15, 0.2) is 0 Å². The van der Waals surface area contributed by atoms with E-state index < -0.39 is 0 Å². The molecule has 0 saturated carbocycles. The topological polar surface area (TPSA) is 56.5 Å².